The van der Waals surface area contributed by atoms with Gasteiger partial charge < -0.3 is 5.11 Å². The summed E-state index contributed by atoms with van der Waals surface area (Å²) in [4.78, 5) is 12.3. The van der Waals surface area contributed by atoms with E-state index in [0.717, 1.165) is 0 Å². The van der Waals surface area contributed by atoms with Crippen LogP contribution in [0.5, 0.6) is 0 Å². The van der Waals surface area contributed by atoms with Crippen molar-refractivity contribution in [3.63, 3.8) is 0 Å². The number of aryl methyl sites for hydroxylation is 1. The number of carbonyl (C=O) groups is 1. The van der Waals surface area contributed by atoms with E-state index < -0.39 is 33.5 Å². The molecule has 3 rings (SSSR count). The average molecular weight is 468 g/mol. The summed E-state index contributed by atoms with van der Waals surface area (Å²) in [6.07, 6.45) is 1.53. The van der Waals surface area contributed by atoms with Gasteiger partial charge in [0.25, 0.3) is 0 Å². The Hall–Kier alpha value is -1.86. The molecule has 1 aliphatic rings. The first-order valence-corrected chi connectivity index (χ1v) is 11.5. The molecule has 0 aromatic heterocycles. The molecule has 0 unspecified atom stereocenters. The predicted molar refractivity (Wildman–Crippen MR) is 118 cm³/mol. The summed E-state index contributed by atoms with van der Waals surface area (Å²) >= 11 is 12.2. The lowest BCUT2D eigenvalue weighted by atomic mass is 9.87. The highest BCUT2D eigenvalue weighted by atomic mass is 35.5. The summed E-state index contributed by atoms with van der Waals surface area (Å²) in [6.45, 7) is 7.36. The van der Waals surface area contributed by atoms with E-state index in [0.29, 0.717) is 16.1 Å². The van der Waals surface area contributed by atoms with Crippen LogP contribution < -0.4 is 0 Å². The van der Waals surface area contributed by atoms with Gasteiger partial charge in [-0.2, -0.15) is 4.31 Å². The highest BCUT2D eigenvalue weighted by Crippen LogP contribution is 2.47. The molecule has 2 atom stereocenters. The standard InChI is InChI=1S/C22H23Cl2NO4S/c1-13-7-5-6-8-18(13)30(28,29)25-19(22(2,3)4)12-15(21(26)27)20(25)14-9-10-16(23)17(24)11-14/h5-12,19-20H,1-4H3,(H,26,27)/t19-,20-/m0/s1. The number of halogens is 2. The quantitative estimate of drug-likeness (QED) is 0.646. The van der Waals surface area contributed by atoms with Gasteiger partial charge in [0.15, 0.2) is 0 Å². The molecule has 1 N–H and O–H groups in total. The zero-order valence-corrected chi connectivity index (χ0v) is 19.4. The van der Waals surface area contributed by atoms with E-state index in [1.165, 1.54) is 22.5 Å². The second-order valence-electron chi connectivity index (χ2n) is 8.41. The van der Waals surface area contributed by atoms with Gasteiger partial charge in [0.1, 0.15) is 0 Å². The van der Waals surface area contributed by atoms with Crippen LogP contribution in [0.3, 0.4) is 0 Å². The number of sulfonamides is 1. The SMILES string of the molecule is Cc1ccccc1S(=O)(=O)N1[C@@H](c2ccc(Cl)c(Cl)c2)C(C(=O)O)=C[C@H]1C(C)(C)C. The maximum atomic E-state index is 13.9. The number of benzene rings is 2. The van der Waals surface area contributed by atoms with Crippen molar-refractivity contribution >= 4 is 39.2 Å². The van der Waals surface area contributed by atoms with E-state index >= 15 is 0 Å². The zero-order chi connectivity index (χ0) is 22.4. The number of aliphatic carboxylic acids is 1. The molecule has 0 saturated heterocycles. The van der Waals surface area contributed by atoms with Gasteiger partial charge in [0, 0.05) is 6.04 Å². The van der Waals surface area contributed by atoms with Gasteiger partial charge in [-0.3, -0.25) is 0 Å². The minimum absolute atomic E-state index is 0.00882. The minimum Gasteiger partial charge on any atom is -0.478 e. The molecule has 8 heteroatoms. The van der Waals surface area contributed by atoms with Crippen LogP contribution in [-0.2, 0) is 14.8 Å². The largest absolute Gasteiger partial charge is 0.478 e. The van der Waals surface area contributed by atoms with Crippen molar-refractivity contribution in [2.75, 3.05) is 0 Å². The van der Waals surface area contributed by atoms with Crippen molar-refractivity contribution in [3.05, 3.63) is 75.3 Å². The fourth-order valence-corrected chi connectivity index (χ4v) is 6.16. The van der Waals surface area contributed by atoms with Crippen LogP contribution in [0.25, 0.3) is 0 Å². The molecule has 0 radical (unpaired) electrons. The second-order valence-corrected chi connectivity index (χ2v) is 11.0. The van der Waals surface area contributed by atoms with Gasteiger partial charge in [0.2, 0.25) is 10.0 Å². The Bertz CT molecular complexity index is 1140. The Morgan fingerprint density at radius 1 is 1.07 bits per heavy atom. The van der Waals surface area contributed by atoms with Crippen molar-refractivity contribution in [1.29, 1.82) is 0 Å². The number of hydrogen-bond donors (Lipinski definition) is 1. The van der Waals surface area contributed by atoms with Crippen molar-refractivity contribution in [3.8, 4) is 0 Å². The number of carboxylic acids is 1. The van der Waals surface area contributed by atoms with Crippen molar-refractivity contribution < 1.29 is 18.3 Å². The van der Waals surface area contributed by atoms with Crippen LogP contribution in [0.2, 0.25) is 10.0 Å². The number of nitrogens with zero attached hydrogens (tertiary/aromatic N) is 1. The lowest BCUT2D eigenvalue weighted by Crippen LogP contribution is -2.45. The first-order chi connectivity index (χ1) is 13.9. The summed E-state index contributed by atoms with van der Waals surface area (Å²) in [5.41, 5.74) is 0.468. The van der Waals surface area contributed by atoms with Crippen LogP contribution >= 0.6 is 23.2 Å². The Morgan fingerprint density at radius 2 is 1.70 bits per heavy atom. The molecule has 0 bridgehead atoms. The highest BCUT2D eigenvalue weighted by molar-refractivity contribution is 7.89. The molecule has 2 aromatic carbocycles. The monoisotopic (exact) mass is 467 g/mol. The van der Waals surface area contributed by atoms with Crippen LogP contribution in [0.4, 0.5) is 0 Å². The Balaban J connectivity index is 2.30. The average Bonchev–Trinajstić information content (AvgIpc) is 3.06. The molecule has 0 aliphatic carbocycles. The fourth-order valence-electron chi connectivity index (χ4n) is 3.71. The molecule has 30 heavy (non-hydrogen) atoms. The zero-order valence-electron chi connectivity index (χ0n) is 17.1. The molecule has 0 saturated carbocycles. The summed E-state index contributed by atoms with van der Waals surface area (Å²) < 4.78 is 29.0. The molecular weight excluding hydrogens is 445 g/mol. The third kappa shape index (κ3) is 4.02. The van der Waals surface area contributed by atoms with Gasteiger partial charge in [-0.05, 0) is 41.7 Å². The van der Waals surface area contributed by atoms with Crippen LogP contribution in [0.1, 0.15) is 37.9 Å². The van der Waals surface area contributed by atoms with E-state index in [1.54, 1.807) is 37.3 Å². The van der Waals surface area contributed by atoms with E-state index in [1.807, 2.05) is 20.8 Å². The van der Waals surface area contributed by atoms with Crippen molar-refractivity contribution in [2.24, 2.45) is 5.41 Å². The van der Waals surface area contributed by atoms with Crippen LogP contribution in [0, 0.1) is 12.3 Å². The smallest absolute Gasteiger partial charge is 0.333 e. The Kier molecular flexibility index (Phi) is 6.09. The Labute approximate surface area is 187 Å². The second kappa shape index (κ2) is 8.00. The first-order valence-electron chi connectivity index (χ1n) is 9.35. The predicted octanol–water partition coefficient (Wildman–Crippen LogP) is 5.47. The van der Waals surface area contributed by atoms with Gasteiger partial charge in [-0.25, -0.2) is 13.2 Å². The van der Waals surface area contributed by atoms with Gasteiger partial charge in [-0.1, -0.05) is 74.3 Å². The molecule has 2 aromatic rings. The van der Waals surface area contributed by atoms with Crippen molar-refractivity contribution in [2.45, 2.75) is 44.7 Å². The third-order valence-corrected chi connectivity index (χ3v) is 7.95. The lowest BCUT2D eigenvalue weighted by molar-refractivity contribution is -0.133. The summed E-state index contributed by atoms with van der Waals surface area (Å²) in [6, 6.07) is 9.64. The van der Waals surface area contributed by atoms with Gasteiger partial charge >= 0.3 is 5.97 Å². The van der Waals surface area contributed by atoms with Crippen molar-refractivity contribution in [1.82, 2.24) is 4.31 Å². The maximum absolute atomic E-state index is 13.9. The molecule has 1 heterocycles. The number of hydrogen-bond acceptors (Lipinski definition) is 3. The molecular formula is C22H23Cl2NO4S. The van der Waals surface area contributed by atoms with E-state index in [2.05, 4.69) is 0 Å². The lowest BCUT2D eigenvalue weighted by Gasteiger charge is -2.37. The fraction of sp³-hybridized carbons (Fsp3) is 0.318. The van der Waals surface area contributed by atoms with E-state index in [4.69, 9.17) is 23.2 Å². The topological polar surface area (TPSA) is 74.7 Å². The summed E-state index contributed by atoms with van der Waals surface area (Å²) in [5, 5.41) is 10.4. The third-order valence-electron chi connectivity index (χ3n) is 5.20. The molecule has 1 aliphatic heterocycles. The van der Waals surface area contributed by atoms with Crippen LogP contribution in [0.15, 0.2) is 59.0 Å². The first kappa shape index (κ1) is 22.8. The molecule has 0 amide bonds. The number of carboxylic acid groups (broad SMARTS) is 1. The maximum Gasteiger partial charge on any atom is 0.333 e. The normalized spacial score (nSPS) is 20.3. The van der Waals surface area contributed by atoms with Crippen LogP contribution in [-0.4, -0.2) is 29.8 Å². The van der Waals surface area contributed by atoms with E-state index in [-0.39, 0.29) is 15.5 Å². The minimum atomic E-state index is -4.05. The highest BCUT2D eigenvalue weighted by Gasteiger charge is 2.49. The molecule has 0 spiro atoms. The molecule has 160 valence electrons. The molecule has 5 nitrogen and oxygen atoms in total. The summed E-state index contributed by atoms with van der Waals surface area (Å²) in [7, 11) is -4.05. The summed E-state index contributed by atoms with van der Waals surface area (Å²) in [5.74, 6) is -1.18. The number of rotatable bonds is 4. The van der Waals surface area contributed by atoms with Gasteiger partial charge in [-0.15, -0.1) is 0 Å². The molecule has 0 fully saturated rings. The Morgan fingerprint density at radius 3 is 2.23 bits per heavy atom. The van der Waals surface area contributed by atoms with Gasteiger partial charge in [0.05, 0.1) is 26.6 Å². The van der Waals surface area contributed by atoms with E-state index in [9.17, 15) is 18.3 Å².